The summed E-state index contributed by atoms with van der Waals surface area (Å²) in [5.41, 5.74) is -1.62. The molecular weight excluding hydrogens is 274 g/mol. The van der Waals surface area contributed by atoms with E-state index in [0.717, 1.165) is 6.07 Å². The second-order valence-electron chi connectivity index (χ2n) is 4.92. The molecule has 1 unspecified atom stereocenters. The van der Waals surface area contributed by atoms with Gasteiger partial charge in [-0.25, -0.2) is 4.39 Å². The molecule has 0 aliphatic rings. The summed E-state index contributed by atoms with van der Waals surface area (Å²) in [6.45, 7) is 5.68. The van der Waals surface area contributed by atoms with Crippen LogP contribution < -0.4 is 5.32 Å². The average molecular weight is 291 g/mol. The Morgan fingerprint density at radius 3 is 2.35 bits per heavy atom. The van der Waals surface area contributed by atoms with Gasteiger partial charge in [-0.2, -0.15) is 13.2 Å². The number of halogens is 4. The highest BCUT2D eigenvalue weighted by atomic mass is 19.4. The number of amides is 1. The highest BCUT2D eigenvalue weighted by Crippen LogP contribution is 2.31. The molecule has 1 aromatic rings. The molecule has 2 nitrogen and oxygen atoms in total. The van der Waals surface area contributed by atoms with E-state index in [1.807, 2.05) is 20.8 Å². The fourth-order valence-electron chi connectivity index (χ4n) is 1.88. The van der Waals surface area contributed by atoms with Gasteiger partial charge >= 0.3 is 6.18 Å². The molecule has 1 rings (SSSR count). The number of benzene rings is 1. The molecular formula is C14H17F4NO. The first-order valence-corrected chi connectivity index (χ1v) is 6.34. The Morgan fingerprint density at radius 1 is 1.30 bits per heavy atom. The van der Waals surface area contributed by atoms with E-state index < -0.39 is 23.5 Å². The van der Waals surface area contributed by atoms with Crippen molar-refractivity contribution in [3.05, 3.63) is 35.1 Å². The van der Waals surface area contributed by atoms with Crippen LogP contribution in [-0.2, 0) is 6.18 Å². The van der Waals surface area contributed by atoms with Gasteiger partial charge in [0.15, 0.2) is 0 Å². The molecule has 1 amide bonds. The van der Waals surface area contributed by atoms with Gasteiger partial charge in [-0.1, -0.05) is 20.8 Å². The van der Waals surface area contributed by atoms with E-state index in [9.17, 15) is 22.4 Å². The molecule has 0 saturated heterocycles. The smallest absolute Gasteiger partial charge is 0.349 e. The number of rotatable bonds is 4. The molecule has 0 fully saturated rings. The maximum atomic E-state index is 13.1. The van der Waals surface area contributed by atoms with Gasteiger partial charge in [0.25, 0.3) is 5.91 Å². The van der Waals surface area contributed by atoms with Gasteiger partial charge in [-0.15, -0.1) is 0 Å². The van der Waals surface area contributed by atoms with Crippen LogP contribution in [-0.4, -0.2) is 11.9 Å². The van der Waals surface area contributed by atoms with Gasteiger partial charge in [0.1, 0.15) is 5.82 Å². The molecule has 0 aromatic heterocycles. The van der Waals surface area contributed by atoms with Crippen molar-refractivity contribution in [3.8, 4) is 0 Å². The van der Waals surface area contributed by atoms with Crippen LogP contribution in [0.3, 0.4) is 0 Å². The van der Waals surface area contributed by atoms with E-state index in [0.29, 0.717) is 18.6 Å². The van der Waals surface area contributed by atoms with Crippen LogP contribution in [0.25, 0.3) is 0 Å². The van der Waals surface area contributed by atoms with Crippen LogP contribution in [0, 0.1) is 11.7 Å². The Balaban J connectivity index is 3.00. The van der Waals surface area contributed by atoms with Crippen LogP contribution in [0.1, 0.15) is 43.1 Å². The summed E-state index contributed by atoms with van der Waals surface area (Å²) in [6.07, 6.45) is -4.15. The summed E-state index contributed by atoms with van der Waals surface area (Å²) in [4.78, 5) is 11.9. The Kier molecular flexibility index (Phi) is 5.14. The lowest BCUT2D eigenvalue weighted by molar-refractivity contribution is -0.140. The first-order chi connectivity index (χ1) is 9.16. The van der Waals surface area contributed by atoms with Crippen LogP contribution in [0.2, 0.25) is 0 Å². The van der Waals surface area contributed by atoms with Gasteiger partial charge in [0.2, 0.25) is 0 Å². The molecule has 0 bridgehead atoms. The molecule has 0 spiro atoms. The Morgan fingerprint density at radius 2 is 1.90 bits per heavy atom. The molecule has 1 N–H and O–H groups in total. The lowest BCUT2D eigenvalue weighted by atomic mass is 10.0. The minimum absolute atomic E-state index is 0.137. The second kappa shape index (κ2) is 6.24. The zero-order valence-corrected chi connectivity index (χ0v) is 11.5. The van der Waals surface area contributed by atoms with Crippen molar-refractivity contribution < 1.29 is 22.4 Å². The molecule has 0 saturated carbocycles. The molecule has 20 heavy (non-hydrogen) atoms. The van der Waals surface area contributed by atoms with Gasteiger partial charge in [0, 0.05) is 11.6 Å². The zero-order valence-electron chi connectivity index (χ0n) is 11.5. The van der Waals surface area contributed by atoms with Crippen molar-refractivity contribution in [2.45, 2.75) is 39.4 Å². The summed E-state index contributed by atoms with van der Waals surface area (Å²) in [7, 11) is 0. The Bertz CT molecular complexity index is 483. The first-order valence-electron chi connectivity index (χ1n) is 6.34. The minimum Gasteiger partial charge on any atom is -0.349 e. The molecule has 6 heteroatoms. The predicted molar refractivity (Wildman–Crippen MR) is 67.8 cm³/mol. The topological polar surface area (TPSA) is 29.1 Å². The quantitative estimate of drug-likeness (QED) is 0.834. The largest absolute Gasteiger partial charge is 0.419 e. The first kappa shape index (κ1) is 16.5. The van der Waals surface area contributed by atoms with Crippen molar-refractivity contribution in [3.63, 3.8) is 0 Å². The van der Waals surface area contributed by atoms with E-state index in [1.54, 1.807) is 0 Å². The van der Waals surface area contributed by atoms with Crippen molar-refractivity contribution >= 4 is 5.91 Å². The lowest BCUT2D eigenvalue weighted by Crippen LogP contribution is -2.38. The third-order valence-electron chi connectivity index (χ3n) is 3.10. The van der Waals surface area contributed by atoms with Gasteiger partial charge in [-0.3, -0.25) is 4.79 Å². The number of alkyl halides is 3. The highest BCUT2D eigenvalue weighted by molar-refractivity contribution is 5.94. The van der Waals surface area contributed by atoms with E-state index >= 15 is 0 Å². The van der Waals surface area contributed by atoms with Crippen molar-refractivity contribution in [2.24, 2.45) is 5.92 Å². The molecule has 0 aliphatic heterocycles. The van der Waals surface area contributed by atoms with Crippen LogP contribution >= 0.6 is 0 Å². The molecule has 0 radical (unpaired) electrons. The van der Waals surface area contributed by atoms with Crippen LogP contribution in [0.15, 0.2) is 18.2 Å². The molecule has 0 aliphatic carbocycles. The highest BCUT2D eigenvalue weighted by Gasteiger charge is 2.34. The Hall–Kier alpha value is -1.59. The Labute approximate surface area is 115 Å². The molecule has 0 heterocycles. The van der Waals surface area contributed by atoms with Crippen molar-refractivity contribution in [1.29, 1.82) is 0 Å². The fourth-order valence-corrected chi connectivity index (χ4v) is 1.88. The van der Waals surface area contributed by atoms with Crippen LogP contribution in [0.5, 0.6) is 0 Å². The molecule has 1 atom stereocenters. The van der Waals surface area contributed by atoms with Gasteiger partial charge in [0.05, 0.1) is 5.56 Å². The van der Waals surface area contributed by atoms with Crippen LogP contribution in [0.4, 0.5) is 17.6 Å². The number of hydrogen-bond donors (Lipinski definition) is 1. The summed E-state index contributed by atoms with van der Waals surface area (Å²) in [5.74, 6) is -1.85. The summed E-state index contributed by atoms with van der Waals surface area (Å²) in [5, 5.41) is 2.65. The summed E-state index contributed by atoms with van der Waals surface area (Å²) < 4.78 is 50.9. The third kappa shape index (κ3) is 3.95. The normalized spacial score (nSPS) is 13.4. The second-order valence-corrected chi connectivity index (χ2v) is 4.92. The van der Waals surface area contributed by atoms with E-state index in [2.05, 4.69) is 5.32 Å². The predicted octanol–water partition coefficient (Wildman–Crippen LogP) is 4.01. The standard InChI is InChI=1S/C14H17F4NO/c1-4-12(8(2)3)19-13(20)9-5-6-11(15)10(7-9)14(16,17)18/h5-8,12H,4H2,1-3H3,(H,19,20). The third-order valence-corrected chi connectivity index (χ3v) is 3.10. The maximum Gasteiger partial charge on any atom is 0.419 e. The lowest BCUT2D eigenvalue weighted by Gasteiger charge is -2.21. The van der Waals surface area contributed by atoms with E-state index in [1.165, 1.54) is 0 Å². The maximum absolute atomic E-state index is 13.1. The number of carbonyl (C=O) groups is 1. The van der Waals surface area contributed by atoms with Crippen molar-refractivity contribution in [2.75, 3.05) is 0 Å². The number of nitrogens with one attached hydrogen (secondary N) is 1. The van der Waals surface area contributed by atoms with Gasteiger partial charge < -0.3 is 5.32 Å². The zero-order chi connectivity index (χ0) is 15.5. The van der Waals surface area contributed by atoms with Gasteiger partial charge in [-0.05, 0) is 30.5 Å². The molecule has 1 aromatic carbocycles. The van der Waals surface area contributed by atoms with E-state index in [4.69, 9.17) is 0 Å². The number of hydrogen-bond acceptors (Lipinski definition) is 1. The average Bonchev–Trinajstić information content (AvgIpc) is 2.34. The molecule has 112 valence electrons. The van der Waals surface area contributed by atoms with Crippen molar-refractivity contribution in [1.82, 2.24) is 5.32 Å². The summed E-state index contributed by atoms with van der Waals surface area (Å²) >= 11 is 0. The number of carbonyl (C=O) groups excluding carboxylic acids is 1. The fraction of sp³-hybridized carbons (Fsp3) is 0.500. The van der Waals surface area contributed by atoms with E-state index in [-0.39, 0.29) is 17.5 Å². The monoisotopic (exact) mass is 291 g/mol. The SMILES string of the molecule is CCC(NC(=O)c1ccc(F)c(C(F)(F)F)c1)C(C)C. The minimum atomic E-state index is -4.82. The summed E-state index contributed by atoms with van der Waals surface area (Å²) in [6, 6.07) is 2.11.